The predicted octanol–water partition coefficient (Wildman–Crippen LogP) is 2.77. The molecule has 0 bridgehead atoms. The van der Waals surface area contributed by atoms with Gasteiger partial charge in [0.15, 0.2) is 0 Å². The molecule has 15 heavy (non-hydrogen) atoms. The van der Waals surface area contributed by atoms with E-state index in [9.17, 15) is 13.6 Å². The number of hydrogen-bond acceptors (Lipinski definition) is 1. The van der Waals surface area contributed by atoms with Crippen molar-refractivity contribution in [3.63, 3.8) is 0 Å². The van der Waals surface area contributed by atoms with Crippen LogP contribution in [-0.4, -0.2) is 17.0 Å². The van der Waals surface area contributed by atoms with E-state index in [2.05, 4.69) is 0 Å². The van der Waals surface area contributed by atoms with Crippen molar-refractivity contribution in [3.8, 4) is 0 Å². The number of hydrogen-bond donors (Lipinski definition) is 1. The molecule has 2 atom stereocenters. The van der Waals surface area contributed by atoms with E-state index in [1.807, 2.05) is 0 Å². The standard InChI is InChI=1S/C10H7ClF2O2/c11-6-3-1-5(2-4-6)7-8(9(14)15)10(7,12)13/h1-4,7-8H,(H,14,15)/t7-,8+/m0/s1. The van der Waals surface area contributed by atoms with E-state index in [1.54, 1.807) is 0 Å². The third-order valence-corrected chi connectivity index (χ3v) is 2.80. The number of carbonyl (C=O) groups is 1. The zero-order chi connectivity index (χ0) is 11.2. The number of alkyl halides is 2. The minimum absolute atomic E-state index is 0.316. The minimum Gasteiger partial charge on any atom is -0.481 e. The minimum atomic E-state index is -3.14. The van der Waals surface area contributed by atoms with Crippen LogP contribution in [0.5, 0.6) is 0 Å². The molecule has 0 heterocycles. The summed E-state index contributed by atoms with van der Waals surface area (Å²) in [6, 6.07) is 5.82. The van der Waals surface area contributed by atoms with Crippen molar-refractivity contribution in [2.24, 2.45) is 5.92 Å². The highest BCUT2D eigenvalue weighted by molar-refractivity contribution is 6.30. The van der Waals surface area contributed by atoms with Gasteiger partial charge < -0.3 is 5.11 Å². The fourth-order valence-electron chi connectivity index (χ4n) is 1.72. The maximum absolute atomic E-state index is 13.1. The average Bonchev–Trinajstić information content (AvgIpc) is 2.70. The lowest BCUT2D eigenvalue weighted by Gasteiger charge is -1.97. The highest BCUT2D eigenvalue weighted by Gasteiger charge is 2.72. The first-order valence-electron chi connectivity index (χ1n) is 4.30. The van der Waals surface area contributed by atoms with Crippen LogP contribution in [0, 0.1) is 5.92 Å². The van der Waals surface area contributed by atoms with Crippen LogP contribution in [0.2, 0.25) is 5.02 Å². The summed E-state index contributed by atoms with van der Waals surface area (Å²) >= 11 is 5.60. The van der Waals surface area contributed by atoms with E-state index in [4.69, 9.17) is 16.7 Å². The summed E-state index contributed by atoms with van der Waals surface area (Å²) in [6.07, 6.45) is 0. The van der Waals surface area contributed by atoms with Gasteiger partial charge in [0.2, 0.25) is 0 Å². The Morgan fingerprint density at radius 2 is 1.87 bits per heavy atom. The van der Waals surface area contributed by atoms with E-state index in [-0.39, 0.29) is 0 Å². The monoisotopic (exact) mass is 232 g/mol. The van der Waals surface area contributed by atoms with Gasteiger partial charge in [0.1, 0.15) is 5.92 Å². The molecule has 0 unspecified atom stereocenters. The summed E-state index contributed by atoms with van der Waals surface area (Å²) < 4.78 is 26.2. The molecular weight excluding hydrogens is 226 g/mol. The summed E-state index contributed by atoms with van der Waals surface area (Å²) in [5.41, 5.74) is 0.316. The van der Waals surface area contributed by atoms with Gasteiger partial charge in [-0.3, -0.25) is 4.79 Å². The van der Waals surface area contributed by atoms with Crippen LogP contribution in [0.25, 0.3) is 0 Å². The number of aliphatic carboxylic acids is 1. The van der Waals surface area contributed by atoms with Gasteiger partial charge in [-0.05, 0) is 17.7 Å². The van der Waals surface area contributed by atoms with E-state index in [0.29, 0.717) is 10.6 Å². The lowest BCUT2D eigenvalue weighted by molar-refractivity contribution is -0.140. The second kappa shape index (κ2) is 3.17. The van der Waals surface area contributed by atoms with Crippen LogP contribution in [0.1, 0.15) is 11.5 Å². The van der Waals surface area contributed by atoms with Crippen molar-refractivity contribution in [1.29, 1.82) is 0 Å². The first-order chi connectivity index (χ1) is 6.94. The van der Waals surface area contributed by atoms with Crippen molar-refractivity contribution in [1.82, 2.24) is 0 Å². The quantitative estimate of drug-likeness (QED) is 0.851. The largest absolute Gasteiger partial charge is 0.481 e. The Labute approximate surface area is 89.5 Å². The third kappa shape index (κ3) is 1.59. The molecule has 0 spiro atoms. The molecule has 1 aliphatic carbocycles. The summed E-state index contributed by atoms with van der Waals surface area (Å²) in [6.45, 7) is 0. The first kappa shape index (κ1) is 10.4. The average molecular weight is 233 g/mol. The van der Waals surface area contributed by atoms with Crippen LogP contribution in [-0.2, 0) is 4.79 Å². The Balaban J connectivity index is 2.27. The molecule has 1 N–H and O–H groups in total. The third-order valence-electron chi connectivity index (χ3n) is 2.55. The lowest BCUT2D eigenvalue weighted by Crippen LogP contribution is -2.04. The van der Waals surface area contributed by atoms with Crippen LogP contribution >= 0.6 is 11.6 Å². The molecule has 80 valence electrons. The fraction of sp³-hybridized carbons (Fsp3) is 0.300. The SMILES string of the molecule is O=C(O)[C@H]1[C@H](c2ccc(Cl)cc2)C1(F)F. The number of carboxylic acids is 1. The summed E-state index contributed by atoms with van der Waals surface area (Å²) in [5, 5.41) is 9.01. The zero-order valence-corrected chi connectivity index (χ0v) is 8.21. The van der Waals surface area contributed by atoms with Gasteiger partial charge in [0.05, 0.1) is 5.92 Å². The Morgan fingerprint density at radius 1 is 1.33 bits per heavy atom. The van der Waals surface area contributed by atoms with E-state index < -0.39 is 23.7 Å². The Bertz CT molecular complexity index is 402. The Morgan fingerprint density at radius 3 is 2.27 bits per heavy atom. The van der Waals surface area contributed by atoms with Crippen LogP contribution in [0.4, 0.5) is 8.78 Å². The first-order valence-corrected chi connectivity index (χ1v) is 4.68. The number of rotatable bonds is 2. The molecule has 2 rings (SSSR count). The smallest absolute Gasteiger partial charge is 0.313 e. The van der Waals surface area contributed by atoms with Crippen molar-refractivity contribution in [2.75, 3.05) is 0 Å². The summed E-state index contributed by atoms with van der Waals surface area (Å²) in [5.74, 6) is -7.41. The molecule has 1 saturated carbocycles. The molecule has 1 aliphatic rings. The van der Waals surface area contributed by atoms with Gasteiger partial charge in [0, 0.05) is 5.02 Å². The van der Waals surface area contributed by atoms with Gasteiger partial charge in [-0.2, -0.15) is 0 Å². The second-order valence-electron chi connectivity index (χ2n) is 3.52. The molecule has 0 aromatic heterocycles. The molecule has 0 amide bonds. The Hall–Kier alpha value is -1.16. The fourth-order valence-corrected chi connectivity index (χ4v) is 1.84. The molecule has 1 aromatic carbocycles. The maximum atomic E-state index is 13.1. The van der Waals surface area contributed by atoms with Gasteiger partial charge in [-0.25, -0.2) is 8.78 Å². The molecule has 0 aliphatic heterocycles. The van der Waals surface area contributed by atoms with E-state index >= 15 is 0 Å². The summed E-state index contributed by atoms with van der Waals surface area (Å²) in [7, 11) is 0. The summed E-state index contributed by atoms with van der Waals surface area (Å²) in [4.78, 5) is 10.5. The molecule has 0 saturated heterocycles. The van der Waals surface area contributed by atoms with Gasteiger partial charge >= 0.3 is 5.97 Å². The maximum Gasteiger partial charge on any atom is 0.313 e. The van der Waals surface area contributed by atoms with Crippen molar-refractivity contribution < 1.29 is 18.7 Å². The van der Waals surface area contributed by atoms with Crippen molar-refractivity contribution in [3.05, 3.63) is 34.9 Å². The zero-order valence-electron chi connectivity index (χ0n) is 7.45. The molecule has 1 aromatic rings. The van der Waals surface area contributed by atoms with Crippen LogP contribution in [0.3, 0.4) is 0 Å². The van der Waals surface area contributed by atoms with Crippen molar-refractivity contribution in [2.45, 2.75) is 11.8 Å². The van der Waals surface area contributed by atoms with Crippen molar-refractivity contribution >= 4 is 17.6 Å². The topological polar surface area (TPSA) is 37.3 Å². The number of benzene rings is 1. The normalized spacial score (nSPS) is 27.4. The van der Waals surface area contributed by atoms with Gasteiger partial charge in [0.25, 0.3) is 5.92 Å². The van der Waals surface area contributed by atoms with Crippen LogP contribution in [0.15, 0.2) is 24.3 Å². The van der Waals surface area contributed by atoms with Crippen LogP contribution < -0.4 is 0 Å². The van der Waals surface area contributed by atoms with E-state index in [1.165, 1.54) is 24.3 Å². The highest BCUT2D eigenvalue weighted by atomic mass is 35.5. The van der Waals surface area contributed by atoms with Gasteiger partial charge in [-0.1, -0.05) is 23.7 Å². The van der Waals surface area contributed by atoms with E-state index in [0.717, 1.165) is 0 Å². The lowest BCUT2D eigenvalue weighted by atomic mass is 10.1. The highest BCUT2D eigenvalue weighted by Crippen LogP contribution is 2.61. The predicted molar refractivity (Wildman–Crippen MR) is 50.3 cm³/mol. The Kier molecular flexibility index (Phi) is 2.19. The van der Waals surface area contributed by atoms with Gasteiger partial charge in [-0.15, -0.1) is 0 Å². The second-order valence-corrected chi connectivity index (χ2v) is 3.96. The molecule has 0 radical (unpaired) electrons. The number of halogens is 3. The molecule has 2 nitrogen and oxygen atoms in total. The molecule has 5 heteroatoms. The number of carboxylic acid groups (broad SMARTS) is 1. The molecule has 1 fully saturated rings. The molecular formula is C10H7ClF2O2.